The lowest BCUT2D eigenvalue weighted by atomic mass is 9.77. The first-order valence-corrected chi connectivity index (χ1v) is 7.27. The van der Waals surface area contributed by atoms with Gasteiger partial charge in [0.15, 0.2) is 0 Å². The fraction of sp³-hybridized carbons (Fsp3) is 0.333. The van der Waals surface area contributed by atoms with E-state index in [0.717, 1.165) is 49.7 Å². The van der Waals surface area contributed by atoms with Crippen LogP contribution in [-0.4, -0.2) is 0 Å². The van der Waals surface area contributed by atoms with Crippen LogP contribution in [0.25, 0.3) is 10.8 Å². The Morgan fingerprint density at radius 1 is 0.700 bits per heavy atom. The van der Waals surface area contributed by atoms with E-state index in [2.05, 4.69) is 24.3 Å². The smallest absolute Gasteiger partial charge is 0.0994 e. The van der Waals surface area contributed by atoms with Gasteiger partial charge in [0.2, 0.25) is 0 Å². The molecule has 4 rings (SSSR count). The number of rotatable bonds is 0. The molecule has 20 heavy (non-hydrogen) atoms. The summed E-state index contributed by atoms with van der Waals surface area (Å²) in [4.78, 5) is 0. The molecule has 0 bridgehead atoms. The van der Waals surface area contributed by atoms with Gasteiger partial charge in [0.1, 0.15) is 0 Å². The molecule has 0 fully saturated rings. The highest BCUT2D eigenvalue weighted by Crippen LogP contribution is 2.40. The third-order valence-corrected chi connectivity index (χ3v) is 4.77. The first-order chi connectivity index (χ1) is 9.83. The van der Waals surface area contributed by atoms with Gasteiger partial charge in [0.25, 0.3) is 0 Å². The summed E-state index contributed by atoms with van der Waals surface area (Å²) in [6.07, 6.45) is 6.23. The maximum Gasteiger partial charge on any atom is 0.0994 e. The molecule has 0 aliphatic heterocycles. The molecule has 0 radical (unpaired) electrons. The van der Waals surface area contributed by atoms with Gasteiger partial charge in [0, 0.05) is 0 Å². The molecule has 2 aromatic carbocycles. The molecule has 0 amide bonds. The van der Waals surface area contributed by atoms with Crippen LogP contribution in [-0.2, 0) is 25.7 Å². The van der Waals surface area contributed by atoms with E-state index in [-0.39, 0.29) is 0 Å². The fourth-order valence-electron chi connectivity index (χ4n) is 3.97. The number of aryl methyl sites for hydroxylation is 4. The van der Waals surface area contributed by atoms with Gasteiger partial charge in [0.05, 0.1) is 23.3 Å². The van der Waals surface area contributed by atoms with Crippen molar-refractivity contribution in [1.29, 1.82) is 10.5 Å². The minimum atomic E-state index is 0.853. The maximum atomic E-state index is 9.43. The lowest BCUT2D eigenvalue weighted by Crippen LogP contribution is -2.12. The SMILES string of the molecule is N#Cc1cc2c3c(c(C#N)cc4c3c1CCC4)CCC2. The Morgan fingerprint density at radius 2 is 1.15 bits per heavy atom. The summed E-state index contributed by atoms with van der Waals surface area (Å²) < 4.78 is 0. The molecule has 2 nitrogen and oxygen atoms in total. The van der Waals surface area contributed by atoms with Crippen molar-refractivity contribution in [3.05, 3.63) is 45.5 Å². The molecule has 0 saturated heterocycles. The number of hydrogen-bond donors (Lipinski definition) is 0. The molecule has 2 aliphatic rings. The van der Waals surface area contributed by atoms with Crippen LogP contribution < -0.4 is 0 Å². The van der Waals surface area contributed by atoms with Crippen LogP contribution in [0, 0.1) is 22.7 Å². The Kier molecular flexibility index (Phi) is 2.35. The molecule has 0 aromatic heterocycles. The van der Waals surface area contributed by atoms with E-state index in [1.54, 1.807) is 0 Å². The van der Waals surface area contributed by atoms with E-state index in [9.17, 15) is 10.5 Å². The monoisotopic (exact) mass is 258 g/mol. The first-order valence-electron chi connectivity index (χ1n) is 7.27. The second-order valence-corrected chi connectivity index (χ2v) is 5.80. The summed E-state index contributed by atoms with van der Waals surface area (Å²) in [5.74, 6) is 0. The van der Waals surface area contributed by atoms with Crippen molar-refractivity contribution in [2.75, 3.05) is 0 Å². The topological polar surface area (TPSA) is 47.6 Å². The van der Waals surface area contributed by atoms with E-state index in [1.807, 2.05) is 0 Å². The minimum Gasteiger partial charge on any atom is -0.192 e. The lowest BCUT2D eigenvalue weighted by Gasteiger charge is -2.26. The summed E-state index contributed by atoms with van der Waals surface area (Å²) in [6.45, 7) is 0. The Hall–Kier alpha value is -2.32. The van der Waals surface area contributed by atoms with E-state index in [0.29, 0.717) is 0 Å². The van der Waals surface area contributed by atoms with E-state index in [1.165, 1.54) is 33.0 Å². The molecule has 0 unspecified atom stereocenters. The zero-order chi connectivity index (χ0) is 13.7. The summed E-state index contributed by atoms with van der Waals surface area (Å²) in [5, 5.41) is 21.5. The molecule has 2 heteroatoms. The largest absolute Gasteiger partial charge is 0.192 e. The van der Waals surface area contributed by atoms with Crippen molar-refractivity contribution < 1.29 is 0 Å². The third-order valence-electron chi connectivity index (χ3n) is 4.77. The van der Waals surface area contributed by atoms with Crippen LogP contribution in [0.3, 0.4) is 0 Å². The Labute approximate surface area is 118 Å². The first kappa shape index (κ1) is 11.5. The van der Waals surface area contributed by atoms with Gasteiger partial charge in [-0.05, 0) is 83.7 Å². The minimum absolute atomic E-state index is 0.853. The highest BCUT2D eigenvalue weighted by atomic mass is 14.3. The highest BCUT2D eigenvalue weighted by Gasteiger charge is 2.24. The predicted molar refractivity (Wildman–Crippen MR) is 77.4 cm³/mol. The molecular weight excluding hydrogens is 244 g/mol. The van der Waals surface area contributed by atoms with Gasteiger partial charge < -0.3 is 0 Å². The van der Waals surface area contributed by atoms with Crippen LogP contribution in [0.1, 0.15) is 46.2 Å². The molecule has 0 N–H and O–H groups in total. The zero-order valence-corrected chi connectivity index (χ0v) is 11.3. The number of nitriles is 2. The van der Waals surface area contributed by atoms with Gasteiger partial charge >= 0.3 is 0 Å². The molecular formula is C18H14N2. The third kappa shape index (κ3) is 1.37. The predicted octanol–water partition coefficient (Wildman–Crippen LogP) is 3.56. The Balaban J connectivity index is 2.26. The number of nitrogens with zero attached hydrogens (tertiary/aromatic N) is 2. The summed E-state index contributed by atoms with van der Waals surface area (Å²) in [5.41, 5.74) is 6.71. The van der Waals surface area contributed by atoms with Crippen molar-refractivity contribution in [3.8, 4) is 12.1 Å². The zero-order valence-electron chi connectivity index (χ0n) is 11.3. The van der Waals surface area contributed by atoms with Gasteiger partial charge in [-0.15, -0.1) is 0 Å². The molecule has 0 saturated carbocycles. The summed E-state index contributed by atoms with van der Waals surface area (Å²) in [7, 11) is 0. The molecule has 0 spiro atoms. The van der Waals surface area contributed by atoms with E-state index in [4.69, 9.17) is 0 Å². The number of benzene rings is 2. The van der Waals surface area contributed by atoms with Gasteiger partial charge in [-0.3, -0.25) is 0 Å². The van der Waals surface area contributed by atoms with Crippen LogP contribution in [0.4, 0.5) is 0 Å². The lowest BCUT2D eigenvalue weighted by molar-refractivity contribution is 0.783. The Bertz CT molecular complexity index is 760. The molecule has 0 heterocycles. The van der Waals surface area contributed by atoms with Gasteiger partial charge in [-0.2, -0.15) is 10.5 Å². The average Bonchev–Trinajstić information content (AvgIpc) is 2.51. The normalized spacial score (nSPS) is 15.7. The second kappa shape index (κ2) is 4.09. The van der Waals surface area contributed by atoms with Gasteiger partial charge in [-0.1, -0.05) is 0 Å². The average molecular weight is 258 g/mol. The summed E-state index contributed by atoms with van der Waals surface area (Å²) in [6, 6.07) is 8.92. The Morgan fingerprint density at radius 3 is 1.55 bits per heavy atom. The van der Waals surface area contributed by atoms with E-state index >= 15 is 0 Å². The van der Waals surface area contributed by atoms with Crippen molar-refractivity contribution in [3.63, 3.8) is 0 Å². The van der Waals surface area contributed by atoms with Crippen molar-refractivity contribution in [1.82, 2.24) is 0 Å². The fourth-order valence-corrected chi connectivity index (χ4v) is 3.97. The number of hydrogen-bond acceptors (Lipinski definition) is 2. The molecule has 96 valence electrons. The molecule has 2 aliphatic carbocycles. The molecule has 0 atom stereocenters. The molecule has 2 aromatic rings. The highest BCUT2D eigenvalue weighted by molar-refractivity contribution is 5.98. The van der Waals surface area contributed by atoms with Crippen LogP contribution in [0.15, 0.2) is 12.1 Å². The van der Waals surface area contributed by atoms with Gasteiger partial charge in [-0.25, -0.2) is 0 Å². The van der Waals surface area contributed by atoms with Crippen LogP contribution in [0.2, 0.25) is 0 Å². The van der Waals surface area contributed by atoms with Crippen molar-refractivity contribution >= 4 is 10.8 Å². The second-order valence-electron chi connectivity index (χ2n) is 5.80. The van der Waals surface area contributed by atoms with Crippen molar-refractivity contribution in [2.24, 2.45) is 0 Å². The summed E-state index contributed by atoms with van der Waals surface area (Å²) >= 11 is 0. The standard InChI is InChI=1S/C18H14N2/c19-9-13-8-12-4-2-6-16-14(10-20)7-11-3-1-5-15(13)17(11)18(12)16/h7-8H,1-6H2. The van der Waals surface area contributed by atoms with Crippen LogP contribution in [0.5, 0.6) is 0 Å². The maximum absolute atomic E-state index is 9.43. The quantitative estimate of drug-likeness (QED) is 0.725. The van der Waals surface area contributed by atoms with Crippen LogP contribution >= 0.6 is 0 Å². The van der Waals surface area contributed by atoms with E-state index < -0.39 is 0 Å². The van der Waals surface area contributed by atoms with Crippen molar-refractivity contribution in [2.45, 2.75) is 38.5 Å².